The van der Waals surface area contributed by atoms with Crippen LogP contribution in [0.5, 0.6) is 0 Å². The molecule has 3 aromatic rings. The highest BCUT2D eigenvalue weighted by Crippen LogP contribution is 2.16. The number of carbonyl (C=O) groups is 1. The van der Waals surface area contributed by atoms with E-state index in [9.17, 15) is 4.79 Å². The van der Waals surface area contributed by atoms with E-state index in [-0.39, 0.29) is 11.7 Å². The zero-order valence-corrected chi connectivity index (χ0v) is 13.4. The lowest BCUT2D eigenvalue weighted by atomic mass is 10.1. The maximum absolute atomic E-state index is 12.3. The van der Waals surface area contributed by atoms with Crippen molar-refractivity contribution in [1.29, 1.82) is 0 Å². The summed E-state index contributed by atoms with van der Waals surface area (Å²) in [5, 5.41) is 7.10. The van der Waals surface area contributed by atoms with Crippen LogP contribution in [0.25, 0.3) is 5.69 Å². The van der Waals surface area contributed by atoms with Crippen molar-refractivity contribution in [2.75, 3.05) is 5.32 Å². The Hall–Kier alpha value is -2.95. The first-order valence-electron chi connectivity index (χ1n) is 7.40. The molecule has 1 aromatic heterocycles. The summed E-state index contributed by atoms with van der Waals surface area (Å²) >= 11 is 0. The monoisotopic (exact) mass is 306 g/mol. The van der Waals surface area contributed by atoms with Crippen LogP contribution in [0.2, 0.25) is 0 Å². The van der Waals surface area contributed by atoms with Crippen LogP contribution >= 0.6 is 0 Å². The normalized spacial score (nSPS) is 10.6. The number of anilines is 1. The minimum Gasteiger partial charge on any atom is -0.319 e. The molecule has 0 aliphatic heterocycles. The first kappa shape index (κ1) is 15.0. The smallest absolute Gasteiger partial charge is 0.295 e. The van der Waals surface area contributed by atoms with Crippen molar-refractivity contribution in [1.82, 2.24) is 14.8 Å². The summed E-state index contributed by atoms with van der Waals surface area (Å²) in [6.07, 6.45) is 1.54. The fourth-order valence-corrected chi connectivity index (χ4v) is 2.32. The SMILES string of the molecule is Cc1ccc(-n2cnc(C(=O)Nc3ccc(C)cc3C)n2)cc1. The highest BCUT2D eigenvalue weighted by Gasteiger charge is 2.13. The lowest BCUT2D eigenvalue weighted by Gasteiger charge is -2.07. The molecule has 5 heteroatoms. The van der Waals surface area contributed by atoms with Gasteiger partial charge in [-0.2, -0.15) is 0 Å². The van der Waals surface area contributed by atoms with Gasteiger partial charge in [-0.25, -0.2) is 9.67 Å². The van der Waals surface area contributed by atoms with Crippen LogP contribution in [-0.2, 0) is 0 Å². The van der Waals surface area contributed by atoms with E-state index in [1.165, 1.54) is 5.56 Å². The van der Waals surface area contributed by atoms with Gasteiger partial charge in [0.2, 0.25) is 5.82 Å². The highest BCUT2D eigenvalue weighted by atomic mass is 16.2. The fraction of sp³-hybridized carbons (Fsp3) is 0.167. The number of nitrogens with one attached hydrogen (secondary N) is 1. The molecule has 0 atom stereocenters. The van der Waals surface area contributed by atoms with Crippen LogP contribution in [0.3, 0.4) is 0 Å². The highest BCUT2D eigenvalue weighted by molar-refractivity contribution is 6.01. The van der Waals surface area contributed by atoms with E-state index < -0.39 is 0 Å². The Labute approximate surface area is 135 Å². The van der Waals surface area contributed by atoms with Gasteiger partial charge in [-0.1, -0.05) is 35.4 Å². The number of rotatable bonds is 3. The summed E-state index contributed by atoms with van der Waals surface area (Å²) in [5.41, 5.74) is 4.97. The average molecular weight is 306 g/mol. The predicted octanol–water partition coefficient (Wildman–Crippen LogP) is 3.44. The minimum absolute atomic E-state index is 0.144. The number of nitrogens with zero attached hydrogens (tertiary/aromatic N) is 3. The van der Waals surface area contributed by atoms with E-state index in [4.69, 9.17) is 0 Å². The Balaban J connectivity index is 1.79. The third-order valence-corrected chi connectivity index (χ3v) is 3.62. The van der Waals surface area contributed by atoms with E-state index in [1.54, 1.807) is 11.0 Å². The molecule has 0 radical (unpaired) electrons. The number of aromatic nitrogens is 3. The number of benzene rings is 2. The quantitative estimate of drug-likeness (QED) is 0.806. The molecule has 0 saturated carbocycles. The van der Waals surface area contributed by atoms with Crippen molar-refractivity contribution in [2.24, 2.45) is 0 Å². The molecule has 1 N–H and O–H groups in total. The first-order chi connectivity index (χ1) is 11.0. The third-order valence-electron chi connectivity index (χ3n) is 3.62. The molecule has 1 amide bonds. The molecule has 0 fully saturated rings. The van der Waals surface area contributed by atoms with Crippen molar-refractivity contribution in [3.63, 3.8) is 0 Å². The second-order valence-electron chi connectivity index (χ2n) is 5.62. The van der Waals surface area contributed by atoms with Gasteiger partial charge in [-0.05, 0) is 44.5 Å². The minimum atomic E-state index is -0.317. The van der Waals surface area contributed by atoms with Crippen molar-refractivity contribution in [2.45, 2.75) is 20.8 Å². The van der Waals surface area contributed by atoms with Gasteiger partial charge in [0, 0.05) is 5.69 Å². The second kappa shape index (κ2) is 6.04. The Morgan fingerprint density at radius 2 is 1.70 bits per heavy atom. The standard InChI is InChI=1S/C18H18N4O/c1-12-4-7-15(8-5-12)22-11-19-17(21-22)18(23)20-16-9-6-13(2)10-14(16)3/h4-11H,1-3H3,(H,20,23). The summed E-state index contributed by atoms with van der Waals surface area (Å²) in [6.45, 7) is 6.00. The fourth-order valence-electron chi connectivity index (χ4n) is 2.32. The molecule has 2 aromatic carbocycles. The summed E-state index contributed by atoms with van der Waals surface area (Å²) in [4.78, 5) is 16.4. The van der Waals surface area contributed by atoms with E-state index in [1.807, 2.05) is 63.2 Å². The molecule has 0 spiro atoms. The molecular weight excluding hydrogens is 288 g/mol. The van der Waals surface area contributed by atoms with Crippen LogP contribution < -0.4 is 5.32 Å². The largest absolute Gasteiger partial charge is 0.319 e. The molecule has 116 valence electrons. The number of hydrogen-bond acceptors (Lipinski definition) is 3. The van der Waals surface area contributed by atoms with E-state index in [0.717, 1.165) is 22.5 Å². The summed E-state index contributed by atoms with van der Waals surface area (Å²) in [7, 11) is 0. The summed E-state index contributed by atoms with van der Waals surface area (Å²) < 4.78 is 1.59. The van der Waals surface area contributed by atoms with Crippen LogP contribution in [0, 0.1) is 20.8 Å². The third kappa shape index (κ3) is 3.29. The van der Waals surface area contributed by atoms with Gasteiger partial charge in [-0.15, -0.1) is 5.10 Å². The molecule has 0 saturated heterocycles. The van der Waals surface area contributed by atoms with Gasteiger partial charge in [0.15, 0.2) is 0 Å². The van der Waals surface area contributed by atoms with Crippen LogP contribution in [0.15, 0.2) is 48.8 Å². The van der Waals surface area contributed by atoms with Crippen molar-refractivity contribution in [3.05, 3.63) is 71.3 Å². The molecule has 0 unspecified atom stereocenters. The van der Waals surface area contributed by atoms with Gasteiger partial charge in [0.1, 0.15) is 6.33 Å². The molecule has 3 rings (SSSR count). The number of carbonyl (C=O) groups excluding carboxylic acids is 1. The number of amides is 1. The van der Waals surface area contributed by atoms with Gasteiger partial charge < -0.3 is 5.32 Å². The van der Waals surface area contributed by atoms with Gasteiger partial charge in [0.05, 0.1) is 5.69 Å². The topological polar surface area (TPSA) is 59.8 Å². The zero-order chi connectivity index (χ0) is 16.4. The van der Waals surface area contributed by atoms with E-state index in [0.29, 0.717) is 0 Å². The number of hydrogen-bond donors (Lipinski definition) is 1. The van der Waals surface area contributed by atoms with E-state index in [2.05, 4.69) is 15.4 Å². The maximum Gasteiger partial charge on any atom is 0.295 e. The van der Waals surface area contributed by atoms with Gasteiger partial charge in [-0.3, -0.25) is 4.79 Å². The number of aryl methyl sites for hydroxylation is 3. The van der Waals surface area contributed by atoms with Crippen LogP contribution in [0.4, 0.5) is 5.69 Å². The Morgan fingerprint density at radius 1 is 1.00 bits per heavy atom. The van der Waals surface area contributed by atoms with Crippen LogP contribution in [0.1, 0.15) is 27.3 Å². The molecule has 5 nitrogen and oxygen atoms in total. The van der Waals surface area contributed by atoms with Crippen molar-refractivity contribution < 1.29 is 4.79 Å². The Kier molecular flexibility index (Phi) is 3.93. The maximum atomic E-state index is 12.3. The average Bonchev–Trinajstić information content (AvgIpc) is 3.01. The summed E-state index contributed by atoms with van der Waals surface area (Å²) in [6, 6.07) is 13.7. The predicted molar refractivity (Wildman–Crippen MR) is 90.0 cm³/mol. The van der Waals surface area contributed by atoms with Gasteiger partial charge in [0.25, 0.3) is 5.91 Å². The molecular formula is C18H18N4O. The molecule has 0 aliphatic rings. The summed E-state index contributed by atoms with van der Waals surface area (Å²) in [5.74, 6) is -0.173. The molecule has 1 heterocycles. The second-order valence-corrected chi connectivity index (χ2v) is 5.62. The molecule has 23 heavy (non-hydrogen) atoms. The van der Waals surface area contributed by atoms with Crippen molar-refractivity contribution >= 4 is 11.6 Å². The van der Waals surface area contributed by atoms with Gasteiger partial charge >= 0.3 is 0 Å². The van der Waals surface area contributed by atoms with Crippen LogP contribution in [-0.4, -0.2) is 20.7 Å². The first-order valence-corrected chi connectivity index (χ1v) is 7.40. The van der Waals surface area contributed by atoms with E-state index >= 15 is 0 Å². The molecule has 0 aliphatic carbocycles. The Morgan fingerprint density at radius 3 is 2.39 bits per heavy atom. The lowest BCUT2D eigenvalue weighted by Crippen LogP contribution is -2.15. The molecule has 0 bridgehead atoms. The zero-order valence-electron chi connectivity index (χ0n) is 13.4. The lowest BCUT2D eigenvalue weighted by molar-refractivity contribution is 0.101. The van der Waals surface area contributed by atoms with Crippen molar-refractivity contribution in [3.8, 4) is 5.69 Å². The Bertz CT molecular complexity index is 850.